The zero-order valence-corrected chi connectivity index (χ0v) is 7.14. The first-order valence-corrected chi connectivity index (χ1v) is 3.88. The highest BCUT2D eigenvalue weighted by molar-refractivity contribution is 5.74. The van der Waals surface area contributed by atoms with Gasteiger partial charge in [0.15, 0.2) is 0 Å². The van der Waals surface area contributed by atoms with E-state index in [4.69, 9.17) is 21.7 Å². The molecule has 0 aromatic heterocycles. The van der Waals surface area contributed by atoms with E-state index < -0.39 is 24.0 Å². The third-order valence-electron chi connectivity index (χ3n) is 1.56. The Hall–Kier alpha value is -1.14. The lowest BCUT2D eigenvalue weighted by molar-refractivity contribution is -0.138. The number of carboxylic acids is 1. The molecule has 0 bridgehead atoms. The maximum Gasteiger partial charge on any atom is 0.320 e. The quantitative estimate of drug-likeness (QED) is 0.402. The third-order valence-corrected chi connectivity index (χ3v) is 1.56. The summed E-state index contributed by atoms with van der Waals surface area (Å²) in [6.07, 6.45) is -0.769. The molecule has 2 atom stereocenters. The molecule has 0 aromatic carbocycles. The Bertz CT molecular complexity index is 195. The van der Waals surface area contributed by atoms with Crippen molar-refractivity contribution < 1.29 is 19.8 Å². The summed E-state index contributed by atoms with van der Waals surface area (Å²) in [4.78, 5) is 20.5. The van der Waals surface area contributed by atoms with Gasteiger partial charge in [-0.25, -0.2) is 0 Å². The van der Waals surface area contributed by atoms with Crippen molar-refractivity contribution in [2.24, 2.45) is 11.5 Å². The Balaban J connectivity index is 3.63. The fraction of sp³-hybridized carbons (Fsp3) is 0.714. The molecule has 6 heteroatoms. The lowest BCUT2D eigenvalue weighted by Gasteiger charge is -2.10. The molecule has 0 saturated carbocycles. The third kappa shape index (κ3) is 6.06. The SMILES string of the molecule is NC(=O)CC(O)CCC(N)C(=O)O. The van der Waals surface area contributed by atoms with Gasteiger partial charge in [-0.2, -0.15) is 0 Å². The van der Waals surface area contributed by atoms with Gasteiger partial charge in [-0.3, -0.25) is 9.59 Å². The zero-order valence-electron chi connectivity index (χ0n) is 7.14. The number of carbonyl (C=O) groups is 2. The van der Waals surface area contributed by atoms with Crippen LogP contribution in [0.25, 0.3) is 0 Å². The number of primary amides is 1. The lowest BCUT2D eigenvalue weighted by Crippen LogP contribution is -2.31. The van der Waals surface area contributed by atoms with Crippen molar-refractivity contribution >= 4 is 11.9 Å². The first-order chi connectivity index (χ1) is 5.93. The Morgan fingerprint density at radius 2 is 1.85 bits per heavy atom. The van der Waals surface area contributed by atoms with Crippen molar-refractivity contribution in [2.45, 2.75) is 31.4 Å². The molecule has 13 heavy (non-hydrogen) atoms. The largest absolute Gasteiger partial charge is 0.480 e. The Morgan fingerprint density at radius 1 is 1.31 bits per heavy atom. The number of rotatable bonds is 6. The van der Waals surface area contributed by atoms with Crippen molar-refractivity contribution in [2.75, 3.05) is 0 Å². The van der Waals surface area contributed by atoms with Crippen LogP contribution < -0.4 is 11.5 Å². The van der Waals surface area contributed by atoms with Crippen molar-refractivity contribution in [1.82, 2.24) is 0 Å². The minimum absolute atomic E-state index is 0.129. The fourth-order valence-electron chi connectivity index (χ4n) is 0.830. The van der Waals surface area contributed by atoms with Gasteiger partial charge in [0, 0.05) is 0 Å². The van der Waals surface area contributed by atoms with E-state index in [1.54, 1.807) is 0 Å². The van der Waals surface area contributed by atoms with E-state index in [0.717, 1.165) is 0 Å². The molecule has 0 aliphatic heterocycles. The molecule has 0 aliphatic rings. The Labute approximate surface area is 75.5 Å². The fourth-order valence-corrected chi connectivity index (χ4v) is 0.830. The van der Waals surface area contributed by atoms with Crippen LogP contribution in [-0.4, -0.2) is 34.2 Å². The number of nitrogens with two attached hydrogens (primary N) is 2. The molecule has 0 fully saturated rings. The van der Waals surface area contributed by atoms with E-state index in [2.05, 4.69) is 0 Å². The van der Waals surface area contributed by atoms with Gasteiger partial charge in [-0.05, 0) is 12.8 Å². The second kappa shape index (κ2) is 5.50. The monoisotopic (exact) mass is 190 g/mol. The molecule has 6 N–H and O–H groups in total. The lowest BCUT2D eigenvalue weighted by atomic mass is 10.1. The average molecular weight is 190 g/mol. The summed E-state index contributed by atoms with van der Waals surface area (Å²) in [7, 11) is 0. The highest BCUT2D eigenvalue weighted by Crippen LogP contribution is 2.03. The molecule has 0 aliphatic carbocycles. The summed E-state index contributed by atoms with van der Waals surface area (Å²) in [5.41, 5.74) is 9.98. The summed E-state index contributed by atoms with van der Waals surface area (Å²) < 4.78 is 0. The summed E-state index contributed by atoms with van der Waals surface area (Å²) in [5.74, 6) is -1.73. The van der Waals surface area contributed by atoms with Gasteiger partial charge in [0.25, 0.3) is 0 Å². The summed E-state index contributed by atoms with van der Waals surface area (Å²) in [5, 5.41) is 17.5. The normalized spacial score (nSPS) is 14.9. The number of aliphatic hydroxyl groups excluding tert-OH is 1. The number of carboxylic acid groups (broad SMARTS) is 1. The first-order valence-electron chi connectivity index (χ1n) is 3.88. The van der Waals surface area contributed by atoms with Gasteiger partial charge < -0.3 is 21.7 Å². The van der Waals surface area contributed by atoms with E-state index in [0.29, 0.717) is 0 Å². The summed E-state index contributed by atoms with van der Waals surface area (Å²) in [6.45, 7) is 0. The number of carbonyl (C=O) groups excluding carboxylic acids is 1. The molecular formula is C7H14N2O4. The number of hydrogen-bond donors (Lipinski definition) is 4. The molecule has 0 heterocycles. The molecule has 76 valence electrons. The van der Waals surface area contributed by atoms with E-state index in [-0.39, 0.29) is 19.3 Å². The van der Waals surface area contributed by atoms with E-state index in [1.165, 1.54) is 0 Å². The molecule has 1 amide bonds. The van der Waals surface area contributed by atoms with Crippen LogP contribution in [0.1, 0.15) is 19.3 Å². The number of amides is 1. The van der Waals surface area contributed by atoms with Crippen LogP contribution in [0, 0.1) is 0 Å². The molecule has 0 rings (SSSR count). The zero-order chi connectivity index (χ0) is 10.4. The second-order valence-corrected chi connectivity index (χ2v) is 2.85. The van der Waals surface area contributed by atoms with Crippen LogP contribution in [0.4, 0.5) is 0 Å². The van der Waals surface area contributed by atoms with Crippen molar-refractivity contribution in [1.29, 1.82) is 0 Å². The average Bonchev–Trinajstić information content (AvgIpc) is 1.98. The standard InChI is InChI=1S/C7H14N2O4/c8-5(7(12)13)2-1-4(10)3-6(9)11/h4-5,10H,1-3,8H2,(H2,9,11)(H,12,13). The van der Waals surface area contributed by atoms with E-state index >= 15 is 0 Å². The van der Waals surface area contributed by atoms with Gasteiger partial charge in [-0.15, -0.1) is 0 Å². The molecule has 2 unspecified atom stereocenters. The van der Waals surface area contributed by atoms with Crippen LogP contribution in [0.15, 0.2) is 0 Å². The number of aliphatic carboxylic acids is 1. The molecule has 0 radical (unpaired) electrons. The van der Waals surface area contributed by atoms with Gasteiger partial charge >= 0.3 is 5.97 Å². The van der Waals surface area contributed by atoms with Crippen molar-refractivity contribution in [3.8, 4) is 0 Å². The van der Waals surface area contributed by atoms with Crippen LogP contribution in [0.2, 0.25) is 0 Å². The van der Waals surface area contributed by atoms with Crippen LogP contribution in [0.3, 0.4) is 0 Å². The van der Waals surface area contributed by atoms with E-state index in [1.807, 2.05) is 0 Å². The Morgan fingerprint density at radius 3 is 2.23 bits per heavy atom. The first kappa shape index (κ1) is 11.9. The predicted octanol–water partition coefficient (Wildman–Crippen LogP) is -1.59. The maximum absolute atomic E-state index is 10.3. The molecule has 6 nitrogen and oxygen atoms in total. The van der Waals surface area contributed by atoms with Crippen LogP contribution in [-0.2, 0) is 9.59 Å². The highest BCUT2D eigenvalue weighted by atomic mass is 16.4. The topological polar surface area (TPSA) is 127 Å². The minimum Gasteiger partial charge on any atom is -0.480 e. The van der Waals surface area contributed by atoms with Gasteiger partial charge in [-0.1, -0.05) is 0 Å². The molecule has 0 spiro atoms. The number of aliphatic hydroxyl groups is 1. The van der Waals surface area contributed by atoms with Gasteiger partial charge in [0.1, 0.15) is 6.04 Å². The van der Waals surface area contributed by atoms with Crippen LogP contribution >= 0.6 is 0 Å². The smallest absolute Gasteiger partial charge is 0.320 e. The summed E-state index contributed by atoms with van der Waals surface area (Å²) >= 11 is 0. The van der Waals surface area contributed by atoms with E-state index in [9.17, 15) is 9.59 Å². The predicted molar refractivity (Wildman–Crippen MR) is 44.7 cm³/mol. The van der Waals surface area contributed by atoms with Crippen molar-refractivity contribution in [3.63, 3.8) is 0 Å². The molecule has 0 saturated heterocycles. The molecular weight excluding hydrogens is 176 g/mol. The Kier molecular flexibility index (Phi) is 5.01. The van der Waals surface area contributed by atoms with Gasteiger partial charge in [0.05, 0.1) is 12.5 Å². The molecule has 0 aromatic rings. The minimum atomic E-state index is -1.12. The van der Waals surface area contributed by atoms with Crippen LogP contribution in [0.5, 0.6) is 0 Å². The van der Waals surface area contributed by atoms with Gasteiger partial charge in [0.2, 0.25) is 5.91 Å². The summed E-state index contributed by atoms with van der Waals surface area (Å²) in [6, 6.07) is -0.998. The van der Waals surface area contributed by atoms with Crippen molar-refractivity contribution in [3.05, 3.63) is 0 Å². The maximum atomic E-state index is 10.3. The number of hydrogen-bond acceptors (Lipinski definition) is 4. The highest BCUT2D eigenvalue weighted by Gasteiger charge is 2.14. The second-order valence-electron chi connectivity index (χ2n) is 2.85.